The van der Waals surface area contributed by atoms with E-state index in [1.54, 1.807) is 6.20 Å². The first-order chi connectivity index (χ1) is 9.77. The van der Waals surface area contributed by atoms with Crippen LogP contribution in [0.1, 0.15) is 32.0 Å². The fourth-order valence-electron chi connectivity index (χ4n) is 2.46. The summed E-state index contributed by atoms with van der Waals surface area (Å²) in [5.74, 6) is 5.87. The largest absolute Gasteiger partial charge is 0.308 e. The zero-order chi connectivity index (χ0) is 16.2. The van der Waals surface area contributed by atoms with E-state index in [0.29, 0.717) is 5.02 Å². The van der Waals surface area contributed by atoms with Crippen molar-refractivity contribution in [2.45, 2.75) is 38.4 Å². The van der Waals surface area contributed by atoms with Crippen LogP contribution >= 0.6 is 11.6 Å². The molecule has 7 heteroatoms. The molecule has 3 N–H and O–H groups in total. The SMILES string of the molecule is CCC(C)(C(NN)c1c(Cl)cnn1CCN(C)C)N(C)C. The van der Waals surface area contributed by atoms with E-state index < -0.39 is 0 Å². The van der Waals surface area contributed by atoms with Crippen LogP contribution in [0.15, 0.2) is 6.20 Å². The Morgan fingerprint density at radius 2 is 2.05 bits per heavy atom. The van der Waals surface area contributed by atoms with Gasteiger partial charge in [0.1, 0.15) is 0 Å². The van der Waals surface area contributed by atoms with E-state index in [1.165, 1.54) is 0 Å². The number of nitrogens with zero attached hydrogens (tertiary/aromatic N) is 4. The van der Waals surface area contributed by atoms with Gasteiger partial charge in [0.2, 0.25) is 0 Å². The first-order valence-corrected chi connectivity index (χ1v) is 7.65. The van der Waals surface area contributed by atoms with Crippen molar-refractivity contribution < 1.29 is 0 Å². The van der Waals surface area contributed by atoms with Crippen LogP contribution in [0.4, 0.5) is 0 Å². The molecule has 0 saturated heterocycles. The van der Waals surface area contributed by atoms with E-state index >= 15 is 0 Å². The Labute approximate surface area is 133 Å². The number of halogens is 1. The van der Waals surface area contributed by atoms with Crippen molar-refractivity contribution in [3.63, 3.8) is 0 Å². The molecule has 0 saturated carbocycles. The van der Waals surface area contributed by atoms with Crippen LogP contribution in [0.3, 0.4) is 0 Å². The number of hydrogen-bond acceptors (Lipinski definition) is 5. The van der Waals surface area contributed by atoms with Gasteiger partial charge in [0.25, 0.3) is 0 Å². The summed E-state index contributed by atoms with van der Waals surface area (Å²) < 4.78 is 1.95. The minimum absolute atomic E-state index is 0.102. The van der Waals surface area contributed by atoms with Gasteiger partial charge in [-0.25, -0.2) is 5.43 Å². The molecule has 0 aliphatic rings. The van der Waals surface area contributed by atoms with Crippen molar-refractivity contribution in [2.75, 3.05) is 34.7 Å². The van der Waals surface area contributed by atoms with Crippen molar-refractivity contribution in [2.24, 2.45) is 5.84 Å². The number of aromatic nitrogens is 2. The first kappa shape index (κ1) is 18.4. The highest BCUT2D eigenvalue weighted by molar-refractivity contribution is 6.31. The minimum Gasteiger partial charge on any atom is -0.308 e. The first-order valence-electron chi connectivity index (χ1n) is 7.27. The molecule has 0 bridgehead atoms. The standard InChI is InChI=1S/C14H29ClN6/c1-7-14(2,20(5)6)13(18-16)12-11(15)10-17-21(12)9-8-19(3)4/h10,13,18H,7-9,16H2,1-6H3. The van der Waals surface area contributed by atoms with Gasteiger partial charge in [0.15, 0.2) is 0 Å². The number of nitrogens with one attached hydrogen (secondary N) is 1. The average Bonchev–Trinajstić information content (AvgIpc) is 2.78. The van der Waals surface area contributed by atoms with Gasteiger partial charge in [-0.05, 0) is 41.5 Å². The lowest BCUT2D eigenvalue weighted by atomic mass is 9.86. The molecule has 0 aromatic carbocycles. The van der Waals surface area contributed by atoms with Crippen molar-refractivity contribution in [3.05, 3.63) is 16.9 Å². The van der Waals surface area contributed by atoms with E-state index in [-0.39, 0.29) is 11.6 Å². The van der Waals surface area contributed by atoms with Crippen molar-refractivity contribution in [1.82, 2.24) is 25.0 Å². The minimum atomic E-state index is -0.158. The predicted molar refractivity (Wildman–Crippen MR) is 88.2 cm³/mol. The fourth-order valence-corrected chi connectivity index (χ4v) is 2.71. The molecule has 0 spiro atoms. The molecule has 21 heavy (non-hydrogen) atoms. The van der Waals surface area contributed by atoms with Gasteiger partial charge in [0, 0.05) is 12.1 Å². The van der Waals surface area contributed by atoms with Crippen LogP contribution < -0.4 is 11.3 Å². The second-order valence-electron chi connectivity index (χ2n) is 6.11. The van der Waals surface area contributed by atoms with Crippen LogP contribution in [0.2, 0.25) is 5.02 Å². The zero-order valence-electron chi connectivity index (χ0n) is 14.0. The van der Waals surface area contributed by atoms with Crippen molar-refractivity contribution in [1.29, 1.82) is 0 Å². The normalized spacial score (nSPS) is 16.5. The molecule has 0 aliphatic heterocycles. The van der Waals surface area contributed by atoms with Crippen molar-refractivity contribution >= 4 is 11.6 Å². The molecule has 0 aliphatic carbocycles. The third-order valence-corrected chi connectivity index (χ3v) is 4.68. The number of likely N-dealkylation sites (N-methyl/N-ethyl adjacent to an activating group) is 2. The molecule has 0 radical (unpaired) electrons. The van der Waals surface area contributed by atoms with Crippen LogP contribution in [0.5, 0.6) is 0 Å². The molecule has 0 amide bonds. The molecule has 2 unspecified atom stereocenters. The van der Waals surface area contributed by atoms with Crippen LogP contribution in [-0.4, -0.2) is 59.9 Å². The molecule has 1 heterocycles. The van der Waals surface area contributed by atoms with Crippen LogP contribution in [-0.2, 0) is 6.54 Å². The monoisotopic (exact) mass is 316 g/mol. The third kappa shape index (κ3) is 3.96. The van der Waals surface area contributed by atoms with E-state index in [0.717, 1.165) is 25.2 Å². The number of rotatable bonds is 8. The zero-order valence-corrected chi connectivity index (χ0v) is 14.8. The van der Waals surface area contributed by atoms with E-state index in [9.17, 15) is 0 Å². The summed E-state index contributed by atoms with van der Waals surface area (Å²) in [5, 5.41) is 5.06. The topological polar surface area (TPSA) is 62.4 Å². The van der Waals surface area contributed by atoms with Gasteiger partial charge >= 0.3 is 0 Å². The molecule has 6 nitrogen and oxygen atoms in total. The highest BCUT2D eigenvalue weighted by Gasteiger charge is 2.38. The molecule has 1 aromatic heterocycles. The Morgan fingerprint density at radius 1 is 1.43 bits per heavy atom. The molecular weight excluding hydrogens is 288 g/mol. The summed E-state index contributed by atoms with van der Waals surface area (Å²) in [6, 6.07) is -0.102. The van der Waals surface area contributed by atoms with Gasteiger partial charge < -0.3 is 9.80 Å². The Bertz CT molecular complexity index is 445. The Kier molecular flexibility index (Phi) is 6.62. The number of nitrogens with two attached hydrogens (primary N) is 1. The summed E-state index contributed by atoms with van der Waals surface area (Å²) in [7, 11) is 8.20. The number of hydrazine groups is 1. The van der Waals surface area contributed by atoms with Gasteiger partial charge in [-0.3, -0.25) is 10.5 Å². The van der Waals surface area contributed by atoms with Crippen LogP contribution in [0.25, 0.3) is 0 Å². The highest BCUT2D eigenvalue weighted by Crippen LogP contribution is 2.35. The summed E-state index contributed by atoms with van der Waals surface area (Å²) >= 11 is 6.39. The van der Waals surface area contributed by atoms with Crippen LogP contribution in [0, 0.1) is 0 Å². The lowest BCUT2D eigenvalue weighted by molar-refractivity contribution is 0.108. The number of hydrogen-bond donors (Lipinski definition) is 2. The van der Waals surface area contributed by atoms with E-state index in [2.05, 4.69) is 48.3 Å². The fraction of sp³-hybridized carbons (Fsp3) is 0.786. The van der Waals surface area contributed by atoms with Gasteiger partial charge in [-0.1, -0.05) is 18.5 Å². The van der Waals surface area contributed by atoms with E-state index in [4.69, 9.17) is 17.4 Å². The summed E-state index contributed by atoms with van der Waals surface area (Å²) in [6.45, 7) is 6.00. The van der Waals surface area contributed by atoms with Gasteiger partial charge in [-0.2, -0.15) is 5.10 Å². The highest BCUT2D eigenvalue weighted by atomic mass is 35.5. The quantitative estimate of drug-likeness (QED) is 0.560. The molecule has 2 atom stereocenters. The summed E-state index contributed by atoms with van der Waals surface area (Å²) in [5.41, 5.74) is 3.73. The second kappa shape index (κ2) is 7.56. The third-order valence-electron chi connectivity index (χ3n) is 4.39. The Balaban J connectivity index is 3.19. The smallest absolute Gasteiger partial charge is 0.0835 e. The molecule has 0 fully saturated rings. The van der Waals surface area contributed by atoms with Crippen molar-refractivity contribution in [3.8, 4) is 0 Å². The van der Waals surface area contributed by atoms with Gasteiger partial charge in [-0.15, -0.1) is 0 Å². The average molecular weight is 317 g/mol. The maximum absolute atomic E-state index is 6.39. The Hall–Kier alpha value is -0.660. The summed E-state index contributed by atoms with van der Waals surface area (Å²) in [4.78, 5) is 4.30. The van der Waals surface area contributed by atoms with Gasteiger partial charge in [0.05, 0.1) is 29.5 Å². The van der Waals surface area contributed by atoms with E-state index in [1.807, 2.05) is 18.8 Å². The summed E-state index contributed by atoms with van der Waals surface area (Å²) in [6.07, 6.45) is 2.63. The maximum atomic E-state index is 6.39. The molecular formula is C14H29ClN6. The predicted octanol–water partition coefficient (Wildman–Crippen LogP) is 1.33. The molecule has 122 valence electrons. The lowest BCUT2D eigenvalue weighted by Crippen LogP contribution is -2.53. The molecule has 1 aromatic rings. The maximum Gasteiger partial charge on any atom is 0.0835 e. The lowest BCUT2D eigenvalue weighted by Gasteiger charge is -2.42. The molecule has 1 rings (SSSR count). The second-order valence-corrected chi connectivity index (χ2v) is 6.52. The Morgan fingerprint density at radius 3 is 2.48 bits per heavy atom.